The second kappa shape index (κ2) is 9.52. The number of aryl methyl sites for hydroxylation is 1. The van der Waals surface area contributed by atoms with E-state index >= 15 is 0 Å². The Labute approximate surface area is 154 Å². The molecule has 0 saturated heterocycles. The summed E-state index contributed by atoms with van der Waals surface area (Å²) in [6, 6.07) is 7.23. The van der Waals surface area contributed by atoms with Gasteiger partial charge in [0, 0.05) is 5.38 Å². The van der Waals surface area contributed by atoms with Crippen LogP contribution in [0.4, 0.5) is 5.13 Å². The molecule has 0 aliphatic rings. The van der Waals surface area contributed by atoms with Gasteiger partial charge in [-0.1, -0.05) is 12.1 Å². The summed E-state index contributed by atoms with van der Waals surface area (Å²) in [5.74, 6) is -1.07. The van der Waals surface area contributed by atoms with Crippen molar-refractivity contribution < 1.29 is 28.6 Å². The summed E-state index contributed by atoms with van der Waals surface area (Å²) in [5, 5.41) is 4.43. The molecule has 0 spiro atoms. The van der Waals surface area contributed by atoms with Gasteiger partial charge in [-0.15, -0.1) is 11.3 Å². The molecule has 1 aromatic carbocycles. The second-order valence-electron chi connectivity index (χ2n) is 5.21. The highest BCUT2D eigenvalue weighted by molar-refractivity contribution is 7.13. The van der Waals surface area contributed by atoms with Crippen molar-refractivity contribution in [1.29, 1.82) is 0 Å². The van der Waals surface area contributed by atoms with E-state index in [-0.39, 0.29) is 13.0 Å². The molecule has 138 valence electrons. The van der Waals surface area contributed by atoms with Gasteiger partial charge in [0.1, 0.15) is 5.75 Å². The van der Waals surface area contributed by atoms with E-state index in [4.69, 9.17) is 9.47 Å². The van der Waals surface area contributed by atoms with Crippen molar-refractivity contribution in [3.63, 3.8) is 0 Å². The smallest absolute Gasteiger partial charge is 0.344 e. The topological polar surface area (TPSA) is 104 Å². The van der Waals surface area contributed by atoms with Crippen LogP contribution in [0.2, 0.25) is 0 Å². The predicted octanol–water partition coefficient (Wildman–Crippen LogP) is 1.73. The molecule has 0 bridgehead atoms. The molecule has 0 saturated carbocycles. The fourth-order valence-corrected chi connectivity index (χ4v) is 2.58. The largest absolute Gasteiger partial charge is 0.482 e. The van der Waals surface area contributed by atoms with Gasteiger partial charge in [0.2, 0.25) is 0 Å². The van der Waals surface area contributed by atoms with Crippen molar-refractivity contribution in [3.8, 4) is 5.75 Å². The van der Waals surface area contributed by atoms with Gasteiger partial charge in [0.05, 0.1) is 19.2 Å². The minimum atomic E-state index is -0.660. The van der Waals surface area contributed by atoms with Crippen LogP contribution in [0, 0.1) is 6.92 Å². The number of esters is 2. The lowest BCUT2D eigenvalue weighted by Gasteiger charge is -2.07. The van der Waals surface area contributed by atoms with E-state index in [0.717, 1.165) is 16.9 Å². The third-order valence-electron chi connectivity index (χ3n) is 3.06. The lowest BCUT2D eigenvalue weighted by atomic mass is 10.2. The summed E-state index contributed by atoms with van der Waals surface area (Å²) in [6.07, 6.45) is 0.0220. The zero-order valence-corrected chi connectivity index (χ0v) is 15.1. The fourth-order valence-electron chi connectivity index (χ4n) is 1.86. The molecule has 0 fully saturated rings. The van der Waals surface area contributed by atoms with E-state index in [9.17, 15) is 14.4 Å². The van der Waals surface area contributed by atoms with Crippen molar-refractivity contribution in [3.05, 3.63) is 40.9 Å². The first-order valence-corrected chi connectivity index (χ1v) is 8.50. The number of nitrogens with zero attached hydrogens (tertiary/aromatic N) is 1. The van der Waals surface area contributed by atoms with E-state index < -0.39 is 24.5 Å². The number of rotatable bonds is 8. The van der Waals surface area contributed by atoms with Crippen molar-refractivity contribution in [2.24, 2.45) is 0 Å². The van der Waals surface area contributed by atoms with E-state index in [2.05, 4.69) is 15.0 Å². The van der Waals surface area contributed by atoms with Crippen molar-refractivity contribution in [2.45, 2.75) is 13.3 Å². The Hall–Kier alpha value is -2.94. The maximum absolute atomic E-state index is 11.8. The quantitative estimate of drug-likeness (QED) is 0.698. The van der Waals surface area contributed by atoms with Gasteiger partial charge in [-0.3, -0.25) is 14.9 Å². The third kappa shape index (κ3) is 6.52. The molecule has 0 atom stereocenters. The SMILES string of the molecule is COC(=O)Cc1csc(NC(=O)COC(=O)COc2cccc(C)c2)n1. The van der Waals surface area contributed by atoms with Crippen LogP contribution in [0.25, 0.3) is 0 Å². The first-order valence-electron chi connectivity index (χ1n) is 7.62. The number of benzene rings is 1. The maximum atomic E-state index is 11.8. The van der Waals surface area contributed by atoms with E-state index in [1.54, 1.807) is 17.5 Å². The minimum Gasteiger partial charge on any atom is -0.482 e. The standard InChI is InChI=1S/C17H18N2O6S/c1-11-4-3-5-13(6-11)24-9-16(22)25-8-14(20)19-17-18-12(10-26-17)7-15(21)23-2/h3-6,10H,7-9H2,1-2H3,(H,18,19,20). The van der Waals surface area contributed by atoms with Crippen molar-refractivity contribution in [1.82, 2.24) is 4.98 Å². The Bertz CT molecular complexity index is 789. The predicted molar refractivity (Wildman–Crippen MR) is 94.1 cm³/mol. The van der Waals surface area contributed by atoms with Crippen molar-refractivity contribution >= 4 is 34.3 Å². The molecule has 8 nitrogen and oxygen atoms in total. The third-order valence-corrected chi connectivity index (χ3v) is 3.87. The number of hydrogen-bond acceptors (Lipinski definition) is 8. The maximum Gasteiger partial charge on any atom is 0.344 e. The molecule has 0 aliphatic carbocycles. The highest BCUT2D eigenvalue weighted by Gasteiger charge is 2.12. The molecule has 1 amide bonds. The number of carbonyl (C=O) groups is 3. The highest BCUT2D eigenvalue weighted by Crippen LogP contribution is 2.16. The Morgan fingerprint density at radius 1 is 1.19 bits per heavy atom. The number of anilines is 1. The number of nitrogens with one attached hydrogen (secondary N) is 1. The van der Waals surface area contributed by atoms with E-state index in [1.165, 1.54) is 7.11 Å². The summed E-state index contributed by atoms with van der Waals surface area (Å²) in [7, 11) is 1.29. The molecule has 1 N–H and O–H groups in total. The average Bonchev–Trinajstić information content (AvgIpc) is 3.04. The lowest BCUT2D eigenvalue weighted by molar-refractivity contribution is -0.149. The molecule has 2 aromatic rings. The molecular weight excluding hydrogens is 360 g/mol. The molecule has 0 unspecified atom stereocenters. The lowest BCUT2D eigenvalue weighted by Crippen LogP contribution is -2.23. The van der Waals surface area contributed by atoms with Gasteiger partial charge in [-0.05, 0) is 24.6 Å². The minimum absolute atomic E-state index is 0.0220. The van der Waals surface area contributed by atoms with Gasteiger partial charge in [0.25, 0.3) is 5.91 Å². The number of thiazole rings is 1. The summed E-state index contributed by atoms with van der Waals surface area (Å²) in [4.78, 5) is 38.6. The number of methoxy groups -OCH3 is 1. The molecule has 0 aliphatic heterocycles. The highest BCUT2D eigenvalue weighted by atomic mass is 32.1. The van der Waals surface area contributed by atoms with Gasteiger partial charge in [-0.25, -0.2) is 9.78 Å². The van der Waals surface area contributed by atoms with Crippen LogP contribution in [0.1, 0.15) is 11.3 Å². The Morgan fingerprint density at radius 2 is 2.00 bits per heavy atom. The fraction of sp³-hybridized carbons (Fsp3) is 0.294. The number of amides is 1. The number of carbonyl (C=O) groups excluding carboxylic acids is 3. The molecule has 2 rings (SSSR count). The average molecular weight is 378 g/mol. The second-order valence-corrected chi connectivity index (χ2v) is 6.07. The summed E-state index contributed by atoms with van der Waals surface area (Å²) in [5.41, 5.74) is 1.49. The van der Waals surface area contributed by atoms with Gasteiger partial charge < -0.3 is 14.2 Å². The van der Waals surface area contributed by atoms with Gasteiger partial charge in [0.15, 0.2) is 18.3 Å². The number of hydrogen-bond donors (Lipinski definition) is 1. The van der Waals surface area contributed by atoms with E-state index in [1.807, 2.05) is 19.1 Å². The molecule has 0 radical (unpaired) electrons. The first-order chi connectivity index (χ1) is 12.5. The molecule has 9 heteroatoms. The Balaban J connectivity index is 1.71. The number of ether oxygens (including phenoxy) is 3. The molecular formula is C17H18N2O6S. The zero-order valence-electron chi connectivity index (χ0n) is 14.3. The van der Waals surface area contributed by atoms with Crippen LogP contribution in [0.15, 0.2) is 29.6 Å². The molecule has 1 heterocycles. The number of aromatic nitrogens is 1. The van der Waals surface area contributed by atoms with Crippen molar-refractivity contribution in [2.75, 3.05) is 25.6 Å². The zero-order chi connectivity index (χ0) is 18.9. The molecule has 1 aromatic heterocycles. The van der Waals surface area contributed by atoms with E-state index in [0.29, 0.717) is 16.6 Å². The van der Waals surface area contributed by atoms with Crippen LogP contribution in [0.5, 0.6) is 5.75 Å². The van der Waals surface area contributed by atoms with Crippen LogP contribution in [-0.2, 0) is 30.3 Å². The van der Waals surface area contributed by atoms with Crippen LogP contribution in [-0.4, -0.2) is 43.2 Å². The van der Waals surface area contributed by atoms with Crippen LogP contribution in [0.3, 0.4) is 0 Å². The monoisotopic (exact) mass is 378 g/mol. The molecule has 26 heavy (non-hydrogen) atoms. The Kier molecular flexibility index (Phi) is 7.10. The van der Waals surface area contributed by atoms with Gasteiger partial charge >= 0.3 is 11.9 Å². The Morgan fingerprint density at radius 3 is 2.73 bits per heavy atom. The van der Waals surface area contributed by atoms with Crippen LogP contribution < -0.4 is 10.1 Å². The van der Waals surface area contributed by atoms with Gasteiger partial charge in [-0.2, -0.15) is 0 Å². The summed E-state index contributed by atoms with van der Waals surface area (Å²) < 4.78 is 14.7. The van der Waals surface area contributed by atoms with Crippen LogP contribution >= 0.6 is 11.3 Å². The summed E-state index contributed by atoms with van der Waals surface area (Å²) in [6.45, 7) is 1.16. The summed E-state index contributed by atoms with van der Waals surface area (Å²) >= 11 is 1.16. The first kappa shape index (κ1) is 19.4. The normalized spacial score (nSPS) is 10.1.